The van der Waals surface area contributed by atoms with Crippen LogP contribution in [0.2, 0.25) is 0 Å². The Bertz CT molecular complexity index is 881. The van der Waals surface area contributed by atoms with E-state index in [0.717, 1.165) is 11.3 Å². The van der Waals surface area contributed by atoms with Gasteiger partial charge in [-0.15, -0.1) is 0 Å². The number of rotatable bonds is 2. The quantitative estimate of drug-likeness (QED) is 0.777. The number of nitrogens with zero attached hydrogens (tertiary/aromatic N) is 2. The van der Waals surface area contributed by atoms with Gasteiger partial charge in [-0.1, -0.05) is 18.2 Å². The molecule has 0 spiro atoms. The lowest BCUT2D eigenvalue weighted by Crippen LogP contribution is -2.43. The third kappa shape index (κ3) is 2.40. The van der Waals surface area contributed by atoms with Gasteiger partial charge in [0.15, 0.2) is 0 Å². The van der Waals surface area contributed by atoms with E-state index in [1.165, 1.54) is 12.1 Å². The van der Waals surface area contributed by atoms with E-state index in [-0.39, 0.29) is 11.7 Å². The van der Waals surface area contributed by atoms with Crippen molar-refractivity contribution in [3.05, 3.63) is 90.0 Å². The standard InChI is InChI=1S/C19H14FN3O/c20-14-7-9-15(10-8-14)23-18(13-4-3-11-21-12-13)22-17-6-2-1-5-16(17)19(23)24/h1-12,18,22H/t18-/m1/s1. The molecule has 1 N–H and O–H groups in total. The van der Waals surface area contributed by atoms with Crippen LogP contribution in [0.4, 0.5) is 15.8 Å². The van der Waals surface area contributed by atoms with Crippen molar-refractivity contribution < 1.29 is 9.18 Å². The summed E-state index contributed by atoms with van der Waals surface area (Å²) in [7, 11) is 0. The average Bonchev–Trinajstić information content (AvgIpc) is 2.63. The molecule has 2 aromatic carbocycles. The fourth-order valence-corrected chi connectivity index (χ4v) is 2.89. The number of halogens is 1. The van der Waals surface area contributed by atoms with Gasteiger partial charge in [-0.2, -0.15) is 0 Å². The zero-order valence-electron chi connectivity index (χ0n) is 12.7. The zero-order chi connectivity index (χ0) is 16.5. The number of anilines is 2. The first-order valence-electron chi connectivity index (χ1n) is 7.59. The molecule has 0 saturated carbocycles. The summed E-state index contributed by atoms with van der Waals surface area (Å²) >= 11 is 0. The summed E-state index contributed by atoms with van der Waals surface area (Å²) in [6, 6.07) is 17.0. The number of fused-ring (bicyclic) bond motifs is 1. The molecule has 1 atom stereocenters. The fourth-order valence-electron chi connectivity index (χ4n) is 2.89. The number of nitrogens with one attached hydrogen (secondary N) is 1. The van der Waals surface area contributed by atoms with E-state index >= 15 is 0 Å². The number of benzene rings is 2. The summed E-state index contributed by atoms with van der Waals surface area (Å²) in [5.41, 5.74) is 2.83. The Morgan fingerprint density at radius 3 is 2.54 bits per heavy atom. The van der Waals surface area contributed by atoms with Crippen LogP contribution in [-0.4, -0.2) is 10.9 Å². The molecule has 5 heteroatoms. The van der Waals surface area contributed by atoms with Crippen LogP contribution in [0.1, 0.15) is 22.1 Å². The average molecular weight is 319 g/mol. The van der Waals surface area contributed by atoms with E-state index in [2.05, 4.69) is 10.3 Å². The lowest BCUT2D eigenvalue weighted by Gasteiger charge is -2.38. The molecule has 0 aliphatic carbocycles. The van der Waals surface area contributed by atoms with E-state index in [1.54, 1.807) is 35.5 Å². The maximum absolute atomic E-state index is 13.3. The highest BCUT2D eigenvalue weighted by molar-refractivity contribution is 6.12. The van der Waals surface area contributed by atoms with Crippen molar-refractivity contribution in [3.8, 4) is 0 Å². The van der Waals surface area contributed by atoms with Gasteiger partial charge in [0.25, 0.3) is 5.91 Å². The number of carbonyl (C=O) groups excluding carboxylic acids is 1. The second-order valence-corrected chi connectivity index (χ2v) is 5.53. The molecule has 2 heterocycles. The van der Waals surface area contributed by atoms with Gasteiger partial charge in [-0.05, 0) is 42.5 Å². The number of hydrogen-bond donors (Lipinski definition) is 1. The predicted octanol–water partition coefficient (Wildman–Crippen LogP) is 3.99. The molecule has 1 aromatic heterocycles. The smallest absolute Gasteiger partial charge is 0.262 e. The van der Waals surface area contributed by atoms with Gasteiger partial charge in [0.05, 0.1) is 5.56 Å². The monoisotopic (exact) mass is 319 g/mol. The highest BCUT2D eigenvalue weighted by atomic mass is 19.1. The van der Waals surface area contributed by atoms with Gasteiger partial charge >= 0.3 is 0 Å². The summed E-state index contributed by atoms with van der Waals surface area (Å²) in [4.78, 5) is 18.8. The van der Waals surface area contributed by atoms with Crippen molar-refractivity contribution >= 4 is 17.3 Å². The number of amides is 1. The third-order valence-corrected chi connectivity index (χ3v) is 4.03. The van der Waals surface area contributed by atoms with Gasteiger partial charge in [0.2, 0.25) is 0 Å². The van der Waals surface area contributed by atoms with Crippen LogP contribution in [0.3, 0.4) is 0 Å². The highest BCUT2D eigenvalue weighted by Gasteiger charge is 2.33. The van der Waals surface area contributed by atoms with Crippen molar-refractivity contribution in [2.45, 2.75) is 6.17 Å². The lowest BCUT2D eigenvalue weighted by atomic mass is 10.0. The Kier molecular flexibility index (Phi) is 3.46. The van der Waals surface area contributed by atoms with Gasteiger partial charge in [-0.25, -0.2) is 4.39 Å². The van der Waals surface area contributed by atoms with Gasteiger partial charge in [0.1, 0.15) is 12.0 Å². The molecule has 0 fully saturated rings. The number of hydrogen-bond acceptors (Lipinski definition) is 3. The van der Waals surface area contributed by atoms with E-state index < -0.39 is 6.17 Å². The molecule has 0 unspecified atom stereocenters. The van der Waals surface area contributed by atoms with E-state index in [1.807, 2.05) is 30.3 Å². The zero-order valence-corrected chi connectivity index (χ0v) is 12.7. The highest BCUT2D eigenvalue weighted by Crippen LogP contribution is 2.36. The summed E-state index contributed by atoms with van der Waals surface area (Å²) in [6.45, 7) is 0. The third-order valence-electron chi connectivity index (χ3n) is 4.03. The van der Waals surface area contributed by atoms with Crippen LogP contribution in [0, 0.1) is 5.82 Å². The molecule has 1 aliphatic heterocycles. The molecule has 1 aliphatic rings. The Morgan fingerprint density at radius 2 is 1.79 bits per heavy atom. The lowest BCUT2D eigenvalue weighted by molar-refractivity contribution is 0.0975. The summed E-state index contributed by atoms with van der Waals surface area (Å²) < 4.78 is 13.3. The van der Waals surface area contributed by atoms with Crippen molar-refractivity contribution in [1.82, 2.24) is 4.98 Å². The summed E-state index contributed by atoms with van der Waals surface area (Å²) in [5, 5.41) is 3.38. The normalized spacial score (nSPS) is 16.5. The second kappa shape index (κ2) is 5.77. The Morgan fingerprint density at radius 1 is 1.00 bits per heavy atom. The van der Waals surface area contributed by atoms with Gasteiger partial charge < -0.3 is 5.32 Å². The van der Waals surface area contributed by atoms with Crippen LogP contribution < -0.4 is 10.2 Å². The minimum Gasteiger partial charge on any atom is -0.360 e. The molecule has 0 radical (unpaired) electrons. The molecule has 3 aromatic rings. The minimum atomic E-state index is -0.411. The number of pyridine rings is 1. The fraction of sp³-hybridized carbons (Fsp3) is 0.0526. The summed E-state index contributed by atoms with van der Waals surface area (Å²) in [6.07, 6.45) is 2.99. The predicted molar refractivity (Wildman–Crippen MR) is 90.3 cm³/mol. The second-order valence-electron chi connectivity index (χ2n) is 5.53. The Labute approximate surface area is 138 Å². The Balaban J connectivity index is 1.86. The van der Waals surface area contributed by atoms with Crippen molar-refractivity contribution in [1.29, 1.82) is 0 Å². The van der Waals surface area contributed by atoms with Gasteiger partial charge in [-0.3, -0.25) is 14.7 Å². The molecule has 0 bridgehead atoms. The summed E-state index contributed by atoms with van der Waals surface area (Å²) in [5.74, 6) is -0.473. The van der Waals surface area contributed by atoms with E-state index in [4.69, 9.17) is 0 Å². The maximum atomic E-state index is 13.3. The maximum Gasteiger partial charge on any atom is 0.262 e. The molecular formula is C19H14FN3O. The van der Waals surface area contributed by atoms with Crippen LogP contribution in [0.5, 0.6) is 0 Å². The van der Waals surface area contributed by atoms with Crippen LogP contribution in [0.25, 0.3) is 0 Å². The topological polar surface area (TPSA) is 45.2 Å². The van der Waals surface area contributed by atoms with Gasteiger partial charge in [0, 0.05) is 29.3 Å². The molecule has 1 amide bonds. The Hall–Kier alpha value is -3.21. The largest absolute Gasteiger partial charge is 0.360 e. The molecule has 0 saturated heterocycles. The first-order chi connectivity index (χ1) is 11.7. The van der Waals surface area contributed by atoms with Crippen LogP contribution in [0.15, 0.2) is 73.1 Å². The number of para-hydroxylation sites is 1. The van der Waals surface area contributed by atoms with Crippen LogP contribution in [-0.2, 0) is 0 Å². The van der Waals surface area contributed by atoms with Crippen LogP contribution >= 0.6 is 0 Å². The minimum absolute atomic E-state index is 0.134. The van der Waals surface area contributed by atoms with E-state index in [0.29, 0.717) is 11.3 Å². The molecule has 24 heavy (non-hydrogen) atoms. The number of carbonyl (C=O) groups is 1. The van der Waals surface area contributed by atoms with Crippen molar-refractivity contribution in [2.24, 2.45) is 0 Å². The van der Waals surface area contributed by atoms with Crippen molar-refractivity contribution in [3.63, 3.8) is 0 Å². The molecular weight excluding hydrogens is 305 g/mol. The molecule has 4 rings (SSSR count). The first kappa shape index (κ1) is 14.4. The SMILES string of the molecule is O=C1c2ccccc2N[C@@H](c2cccnc2)N1c1ccc(F)cc1. The number of aromatic nitrogens is 1. The van der Waals surface area contributed by atoms with Crippen molar-refractivity contribution in [2.75, 3.05) is 10.2 Å². The van der Waals surface area contributed by atoms with E-state index in [9.17, 15) is 9.18 Å². The molecule has 4 nitrogen and oxygen atoms in total. The first-order valence-corrected chi connectivity index (χ1v) is 7.59. The molecule has 118 valence electrons.